The number of hydrogen-bond donors (Lipinski definition) is 9. The number of unbranched alkanes of at least 4 members (excludes halogenated alkanes) is 50. The lowest BCUT2D eigenvalue weighted by molar-refractivity contribution is -0.359. The highest BCUT2D eigenvalue weighted by atomic mass is 16.7. The number of carbonyl (C=O) groups excluding carboxylic acids is 1. The van der Waals surface area contributed by atoms with E-state index in [-0.39, 0.29) is 18.9 Å². The summed E-state index contributed by atoms with van der Waals surface area (Å²) in [5.41, 5.74) is 0. The largest absolute Gasteiger partial charge is 0.394 e. The number of ether oxygens (including phenoxy) is 4. The van der Waals surface area contributed by atoms with Gasteiger partial charge < -0.3 is 65.1 Å². The summed E-state index contributed by atoms with van der Waals surface area (Å²) in [6.07, 6.45) is 71.9. The summed E-state index contributed by atoms with van der Waals surface area (Å²) in [5, 5.41) is 87.7. The zero-order chi connectivity index (χ0) is 69.4. The van der Waals surface area contributed by atoms with Crippen molar-refractivity contribution >= 4 is 5.91 Å². The molecule has 2 saturated heterocycles. The number of nitrogens with one attached hydrogen (secondary N) is 1. The first-order valence-corrected chi connectivity index (χ1v) is 40.9. The van der Waals surface area contributed by atoms with E-state index >= 15 is 0 Å². The smallest absolute Gasteiger partial charge is 0.220 e. The summed E-state index contributed by atoms with van der Waals surface area (Å²) in [4.78, 5) is 13.4. The summed E-state index contributed by atoms with van der Waals surface area (Å²) in [7, 11) is 0. The first kappa shape index (κ1) is 90.0. The normalized spacial score (nSPS) is 22.4. The molecule has 0 aliphatic carbocycles. The SMILES string of the molecule is CCCCCCC/C=C\C/C=C\C/C=C\CCCCCCCCCCCCCCCCCCCCC(=O)NC(COC1OC(CO)C(OC2OC(CO)C(O)C(O)C2O)C(O)C1O)C(O)/C=C/CCCCCCCCCCCCCCCCCCCCCCCCCCCCC. The molecule has 564 valence electrons. The van der Waals surface area contributed by atoms with Gasteiger partial charge in [0, 0.05) is 6.42 Å². The van der Waals surface area contributed by atoms with Crippen LogP contribution >= 0.6 is 0 Å². The molecular formula is C82H153NO13. The maximum atomic E-state index is 13.4. The second-order valence-corrected chi connectivity index (χ2v) is 28.9. The van der Waals surface area contributed by atoms with Gasteiger partial charge >= 0.3 is 0 Å². The van der Waals surface area contributed by atoms with Crippen molar-refractivity contribution in [2.24, 2.45) is 0 Å². The van der Waals surface area contributed by atoms with E-state index in [4.69, 9.17) is 18.9 Å². The molecule has 0 saturated carbocycles. The predicted octanol–water partition coefficient (Wildman–Crippen LogP) is 18.6. The monoisotopic (exact) mass is 1360 g/mol. The average Bonchev–Trinajstić information content (AvgIpc) is 0.812. The van der Waals surface area contributed by atoms with Gasteiger partial charge in [-0.05, 0) is 57.8 Å². The van der Waals surface area contributed by atoms with Crippen LogP contribution < -0.4 is 5.32 Å². The molecule has 0 aromatic rings. The predicted molar refractivity (Wildman–Crippen MR) is 397 cm³/mol. The molecule has 1 amide bonds. The van der Waals surface area contributed by atoms with Crippen LogP contribution in [0.3, 0.4) is 0 Å². The van der Waals surface area contributed by atoms with Crippen molar-refractivity contribution in [2.75, 3.05) is 19.8 Å². The van der Waals surface area contributed by atoms with Gasteiger partial charge in [0.1, 0.15) is 48.8 Å². The fourth-order valence-electron chi connectivity index (χ4n) is 13.5. The molecular weight excluding hydrogens is 1210 g/mol. The third-order valence-corrected chi connectivity index (χ3v) is 20.0. The topological polar surface area (TPSA) is 228 Å². The van der Waals surface area contributed by atoms with E-state index < -0.39 is 86.8 Å². The summed E-state index contributed by atoms with van der Waals surface area (Å²) >= 11 is 0. The minimum atomic E-state index is -1.79. The van der Waals surface area contributed by atoms with Gasteiger partial charge in [-0.1, -0.05) is 358 Å². The number of aliphatic hydroxyl groups is 8. The van der Waals surface area contributed by atoms with Gasteiger partial charge in [-0.2, -0.15) is 0 Å². The number of hydrogen-bond acceptors (Lipinski definition) is 13. The van der Waals surface area contributed by atoms with Gasteiger partial charge in [-0.15, -0.1) is 0 Å². The molecule has 14 nitrogen and oxygen atoms in total. The third kappa shape index (κ3) is 48.7. The van der Waals surface area contributed by atoms with Gasteiger partial charge in [0.25, 0.3) is 0 Å². The molecule has 0 radical (unpaired) electrons. The molecule has 2 aliphatic rings. The van der Waals surface area contributed by atoms with Crippen molar-refractivity contribution in [1.82, 2.24) is 5.32 Å². The van der Waals surface area contributed by atoms with Crippen LogP contribution in [0, 0.1) is 0 Å². The van der Waals surface area contributed by atoms with Crippen LogP contribution in [0.1, 0.15) is 373 Å². The third-order valence-electron chi connectivity index (χ3n) is 20.0. The molecule has 2 fully saturated rings. The fraction of sp³-hybridized carbons (Fsp3) is 0.890. The summed E-state index contributed by atoms with van der Waals surface area (Å²) in [6.45, 7) is 2.85. The van der Waals surface area contributed by atoms with E-state index in [1.165, 1.54) is 295 Å². The van der Waals surface area contributed by atoms with Crippen molar-refractivity contribution in [3.63, 3.8) is 0 Å². The van der Waals surface area contributed by atoms with Gasteiger partial charge in [0.05, 0.1) is 32.0 Å². The van der Waals surface area contributed by atoms with Gasteiger partial charge in [-0.3, -0.25) is 4.79 Å². The quantitative estimate of drug-likeness (QED) is 0.0204. The van der Waals surface area contributed by atoms with Crippen molar-refractivity contribution < 1.29 is 64.6 Å². The molecule has 2 aliphatic heterocycles. The molecule has 2 rings (SSSR count). The van der Waals surface area contributed by atoms with Crippen LogP contribution in [0.5, 0.6) is 0 Å². The fourth-order valence-corrected chi connectivity index (χ4v) is 13.5. The molecule has 96 heavy (non-hydrogen) atoms. The lowest BCUT2D eigenvalue weighted by atomic mass is 9.97. The van der Waals surface area contributed by atoms with Crippen LogP contribution in [0.15, 0.2) is 48.6 Å². The maximum Gasteiger partial charge on any atom is 0.220 e. The lowest BCUT2D eigenvalue weighted by Gasteiger charge is -2.46. The number of rotatable bonds is 69. The number of carbonyl (C=O) groups is 1. The van der Waals surface area contributed by atoms with E-state index in [0.29, 0.717) is 6.42 Å². The minimum Gasteiger partial charge on any atom is -0.394 e. The van der Waals surface area contributed by atoms with Crippen molar-refractivity contribution in [3.05, 3.63) is 48.6 Å². The van der Waals surface area contributed by atoms with Crippen molar-refractivity contribution in [2.45, 2.75) is 447 Å². The summed E-state index contributed by atoms with van der Waals surface area (Å²) in [6, 6.07) is -0.917. The highest BCUT2D eigenvalue weighted by molar-refractivity contribution is 5.76. The van der Waals surface area contributed by atoms with Gasteiger partial charge in [0.15, 0.2) is 12.6 Å². The van der Waals surface area contributed by atoms with E-state index in [0.717, 1.165) is 51.4 Å². The Kier molecular flexibility index (Phi) is 62.1. The molecule has 0 bridgehead atoms. The zero-order valence-electron chi connectivity index (χ0n) is 61.9. The first-order valence-electron chi connectivity index (χ1n) is 40.9. The Morgan fingerprint density at radius 1 is 0.375 bits per heavy atom. The van der Waals surface area contributed by atoms with E-state index in [1.54, 1.807) is 6.08 Å². The highest BCUT2D eigenvalue weighted by Gasteiger charge is 2.51. The Labute approximate surface area is 588 Å². The molecule has 9 N–H and O–H groups in total. The van der Waals surface area contributed by atoms with Crippen LogP contribution in [0.25, 0.3) is 0 Å². The standard InChI is InChI=1S/C82H153NO13/c1-3-5-7-9-11-13-15-17-19-21-23-25-27-29-31-33-34-35-36-38-40-42-44-46-48-50-52-54-56-58-60-62-64-66-74(87)83-70(69-93-81-79(92)77(90)80(73(68-85)95-81)96-82-78(91)76(89)75(88)72(67-84)94-82)71(86)65-63-61-59-57-55-53-51-49-47-45-43-41-39-37-32-30-28-26-24-22-20-18-16-14-12-10-8-6-4-2/h15,17,21,23,27,29,63,65,70-73,75-82,84-86,88-92H,3-14,16,18-20,22,24-26,28,30-62,64,66-69H2,1-2H3,(H,83,87)/b17-15-,23-21-,29-27-,65-63+. The highest BCUT2D eigenvalue weighted by Crippen LogP contribution is 2.30. The Hall–Kier alpha value is -2.05. The Morgan fingerprint density at radius 3 is 1.05 bits per heavy atom. The molecule has 2 heterocycles. The van der Waals surface area contributed by atoms with Crippen LogP contribution in [-0.2, 0) is 23.7 Å². The van der Waals surface area contributed by atoms with E-state index in [1.807, 2.05) is 6.08 Å². The Bertz CT molecular complexity index is 1800. The summed E-state index contributed by atoms with van der Waals surface area (Å²) < 4.78 is 22.9. The van der Waals surface area contributed by atoms with E-state index in [9.17, 15) is 45.6 Å². The maximum absolute atomic E-state index is 13.4. The number of allylic oxidation sites excluding steroid dienone is 7. The van der Waals surface area contributed by atoms with Gasteiger partial charge in [-0.25, -0.2) is 0 Å². The van der Waals surface area contributed by atoms with Crippen molar-refractivity contribution in [3.8, 4) is 0 Å². The number of aliphatic hydroxyl groups excluding tert-OH is 8. The van der Waals surface area contributed by atoms with Crippen LogP contribution in [0.4, 0.5) is 0 Å². The summed E-state index contributed by atoms with van der Waals surface area (Å²) in [5.74, 6) is -0.233. The molecule has 12 unspecified atom stereocenters. The van der Waals surface area contributed by atoms with Crippen molar-refractivity contribution in [1.29, 1.82) is 0 Å². The zero-order valence-corrected chi connectivity index (χ0v) is 61.9. The molecule has 12 atom stereocenters. The molecule has 14 heteroatoms. The Balaban J connectivity index is 1.61. The first-order chi connectivity index (χ1) is 47.1. The average molecular weight is 1360 g/mol. The lowest BCUT2D eigenvalue weighted by Crippen LogP contribution is -2.65. The Morgan fingerprint density at radius 2 is 0.688 bits per heavy atom. The molecule has 0 aromatic carbocycles. The van der Waals surface area contributed by atoms with Crippen LogP contribution in [-0.4, -0.2) is 140 Å². The minimum absolute atomic E-state index is 0.233. The van der Waals surface area contributed by atoms with E-state index in [2.05, 4.69) is 55.6 Å². The van der Waals surface area contributed by atoms with Gasteiger partial charge in [0.2, 0.25) is 5.91 Å². The second kappa shape index (κ2) is 66.2. The molecule has 0 aromatic heterocycles. The van der Waals surface area contributed by atoms with Crippen LogP contribution in [0.2, 0.25) is 0 Å². The molecule has 0 spiro atoms. The number of amides is 1. The second-order valence-electron chi connectivity index (χ2n) is 28.9.